The van der Waals surface area contributed by atoms with E-state index in [4.69, 9.17) is 14.2 Å². The van der Waals surface area contributed by atoms with Crippen LogP contribution in [0.5, 0.6) is 11.5 Å². The first-order chi connectivity index (χ1) is 16.0. The number of rotatable bonds is 6. The molecule has 172 valence electrons. The Kier molecular flexibility index (Phi) is 6.54. The Bertz CT molecular complexity index is 1130. The number of ketones is 1. The van der Waals surface area contributed by atoms with E-state index in [1.54, 1.807) is 21.1 Å². The lowest BCUT2D eigenvalue weighted by Gasteiger charge is -2.36. The molecule has 6 nitrogen and oxygen atoms in total. The molecule has 1 aliphatic heterocycles. The Morgan fingerprint density at radius 2 is 1.73 bits per heavy atom. The van der Waals surface area contributed by atoms with Crippen LogP contribution in [0.4, 0.5) is 0 Å². The van der Waals surface area contributed by atoms with Gasteiger partial charge in [0, 0.05) is 29.3 Å². The summed E-state index contributed by atoms with van der Waals surface area (Å²) in [5.74, 6) is 0.669. The first kappa shape index (κ1) is 22.6. The maximum absolute atomic E-state index is 13.6. The molecule has 1 N–H and O–H groups in total. The summed E-state index contributed by atoms with van der Waals surface area (Å²) in [6, 6.07) is 15.4. The zero-order valence-corrected chi connectivity index (χ0v) is 19.4. The highest BCUT2D eigenvalue weighted by Gasteiger charge is 2.41. The van der Waals surface area contributed by atoms with Crippen LogP contribution in [0.25, 0.3) is 0 Å². The predicted molar refractivity (Wildman–Crippen MR) is 125 cm³/mol. The van der Waals surface area contributed by atoms with E-state index < -0.39 is 11.9 Å². The third-order valence-electron chi connectivity index (χ3n) is 6.34. The van der Waals surface area contributed by atoms with E-state index in [1.165, 1.54) is 0 Å². The lowest BCUT2D eigenvalue weighted by molar-refractivity contribution is -0.138. The van der Waals surface area contributed by atoms with Crippen molar-refractivity contribution in [3.05, 3.63) is 82.2 Å². The molecular formula is C27H29NO5. The SMILES string of the molecule is CCOC(=O)C1=C(C)NC2=C(C(=O)CC(c3cccc(OC)c3)C2)C1c1ccc(OC)cc1. The van der Waals surface area contributed by atoms with Crippen LogP contribution in [0.2, 0.25) is 0 Å². The maximum Gasteiger partial charge on any atom is 0.336 e. The van der Waals surface area contributed by atoms with Crippen LogP contribution >= 0.6 is 0 Å². The van der Waals surface area contributed by atoms with Gasteiger partial charge in [0.15, 0.2) is 5.78 Å². The second kappa shape index (κ2) is 9.53. The summed E-state index contributed by atoms with van der Waals surface area (Å²) in [6.07, 6.45) is 1.05. The Labute approximate surface area is 194 Å². The van der Waals surface area contributed by atoms with Gasteiger partial charge in [-0.2, -0.15) is 0 Å². The van der Waals surface area contributed by atoms with Crippen LogP contribution < -0.4 is 14.8 Å². The van der Waals surface area contributed by atoms with Gasteiger partial charge in [-0.15, -0.1) is 0 Å². The van der Waals surface area contributed by atoms with Crippen molar-refractivity contribution >= 4 is 11.8 Å². The standard InChI is InChI=1S/C27H29NO5/c1-5-33-27(30)24-16(2)28-22-14-19(18-7-6-8-21(13-18)32-4)15-23(29)26(22)25(24)17-9-11-20(31-3)12-10-17/h6-13,19,25,28H,5,14-15H2,1-4H3. The van der Waals surface area contributed by atoms with Crippen molar-refractivity contribution in [1.82, 2.24) is 5.32 Å². The molecule has 2 atom stereocenters. The maximum atomic E-state index is 13.6. The third-order valence-corrected chi connectivity index (χ3v) is 6.34. The first-order valence-electron chi connectivity index (χ1n) is 11.2. The average Bonchev–Trinajstić information content (AvgIpc) is 2.83. The quantitative estimate of drug-likeness (QED) is 0.651. The number of hydrogen-bond acceptors (Lipinski definition) is 6. The number of allylic oxidation sites excluding steroid dienone is 3. The van der Waals surface area contributed by atoms with Crippen molar-refractivity contribution in [3.8, 4) is 11.5 Å². The molecule has 0 saturated carbocycles. The fraction of sp³-hybridized carbons (Fsp3) is 0.333. The Morgan fingerprint density at radius 1 is 1.00 bits per heavy atom. The molecule has 0 spiro atoms. The Morgan fingerprint density at radius 3 is 2.39 bits per heavy atom. The van der Waals surface area contributed by atoms with Crippen LogP contribution in [0.1, 0.15) is 49.7 Å². The van der Waals surface area contributed by atoms with Gasteiger partial charge in [0.2, 0.25) is 0 Å². The van der Waals surface area contributed by atoms with E-state index in [2.05, 4.69) is 5.32 Å². The van der Waals surface area contributed by atoms with E-state index in [0.717, 1.165) is 22.6 Å². The fourth-order valence-electron chi connectivity index (χ4n) is 4.78. The molecule has 1 heterocycles. The molecule has 1 aliphatic carbocycles. The molecule has 4 rings (SSSR count). The van der Waals surface area contributed by atoms with Gasteiger partial charge in [-0.3, -0.25) is 4.79 Å². The van der Waals surface area contributed by atoms with E-state index in [0.29, 0.717) is 35.4 Å². The molecule has 0 aromatic heterocycles. The normalized spacial score (nSPS) is 20.2. The van der Waals surface area contributed by atoms with Gasteiger partial charge in [0.25, 0.3) is 0 Å². The minimum atomic E-state index is -0.482. The lowest BCUT2D eigenvalue weighted by Crippen LogP contribution is -2.36. The van der Waals surface area contributed by atoms with Crippen LogP contribution in [0, 0.1) is 0 Å². The zero-order chi connectivity index (χ0) is 23.5. The van der Waals surface area contributed by atoms with Gasteiger partial charge in [-0.05, 0) is 61.6 Å². The Hall–Kier alpha value is -3.54. The van der Waals surface area contributed by atoms with Crippen LogP contribution in [-0.4, -0.2) is 32.6 Å². The van der Waals surface area contributed by atoms with E-state index in [1.807, 2.05) is 55.5 Å². The van der Waals surface area contributed by atoms with E-state index in [9.17, 15) is 9.59 Å². The lowest BCUT2D eigenvalue weighted by atomic mass is 9.71. The molecule has 2 aromatic carbocycles. The summed E-state index contributed by atoms with van der Waals surface area (Å²) >= 11 is 0. The van der Waals surface area contributed by atoms with Gasteiger partial charge in [0.1, 0.15) is 11.5 Å². The number of carbonyl (C=O) groups is 2. The number of benzene rings is 2. The largest absolute Gasteiger partial charge is 0.497 e. The van der Waals surface area contributed by atoms with Gasteiger partial charge >= 0.3 is 5.97 Å². The molecule has 0 radical (unpaired) electrons. The molecule has 2 unspecified atom stereocenters. The number of methoxy groups -OCH3 is 2. The van der Waals surface area contributed by atoms with Crippen LogP contribution in [0.3, 0.4) is 0 Å². The number of Topliss-reactive ketones (excluding diaryl/α,β-unsaturated/α-hetero) is 1. The molecule has 2 aromatic rings. The van der Waals surface area contributed by atoms with Gasteiger partial charge in [0.05, 0.1) is 26.4 Å². The minimum absolute atomic E-state index is 0.0340. The number of nitrogens with one attached hydrogen (secondary N) is 1. The van der Waals surface area contributed by atoms with Crippen LogP contribution in [-0.2, 0) is 14.3 Å². The molecular weight excluding hydrogens is 418 g/mol. The molecule has 0 fully saturated rings. The first-order valence-corrected chi connectivity index (χ1v) is 11.2. The second-order valence-electron chi connectivity index (χ2n) is 8.29. The van der Waals surface area contributed by atoms with Crippen molar-refractivity contribution in [2.24, 2.45) is 0 Å². The monoisotopic (exact) mass is 447 g/mol. The van der Waals surface area contributed by atoms with Gasteiger partial charge < -0.3 is 19.5 Å². The van der Waals surface area contributed by atoms with Crippen molar-refractivity contribution in [2.75, 3.05) is 20.8 Å². The number of dihydropyridines is 1. The summed E-state index contributed by atoms with van der Waals surface area (Å²) in [5.41, 5.74) is 4.63. The number of carbonyl (C=O) groups excluding carboxylic acids is 2. The highest BCUT2D eigenvalue weighted by molar-refractivity contribution is 6.04. The Balaban J connectivity index is 1.77. The summed E-state index contributed by atoms with van der Waals surface area (Å²) in [5, 5.41) is 3.37. The summed E-state index contributed by atoms with van der Waals surface area (Å²) < 4.78 is 16.0. The van der Waals surface area contributed by atoms with Gasteiger partial charge in [-0.25, -0.2) is 4.79 Å². The molecule has 2 aliphatic rings. The number of esters is 1. The highest BCUT2D eigenvalue weighted by Crippen LogP contribution is 2.46. The molecule has 6 heteroatoms. The summed E-state index contributed by atoms with van der Waals surface area (Å²) in [6.45, 7) is 3.91. The minimum Gasteiger partial charge on any atom is -0.497 e. The second-order valence-corrected chi connectivity index (χ2v) is 8.29. The number of ether oxygens (including phenoxy) is 3. The topological polar surface area (TPSA) is 73.9 Å². The van der Waals surface area contributed by atoms with Crippen LogP contribution in [0.15, 0.2) is 71.1 Å². The number of hydrogen-bond donors (Lipinski definition) is 1. The van der Waals surface area contributed by atoms with E-state index >= 15 is 0 Å². The van der Waals surface area contributed by atoms with Crippen molar-refractivity contribution in [3.63, 3.8) is 0 Å². The van der Waals surface area contributed by atoms with E-state index in [-0.39, 0.29) is 18.3 Å². The fourth-order valence-corrected chi connectivity index (χ4v) is 4.78. The smallest absolute Gasteiger partial charge is 0.336 e. The molecule has 0 saturated heterocycles. The van der Waals surface area contributed by atoms with Crippen molar-refractivity contribution in [1.29, 1.82) is 0 Å². The average molecular weight is 448 g/mol. The van der Waals surface area contributed by atoms with Gasteiger partial charge in [-0.1, -0.05) is 24.3 Å². The zero-order valence-electron chi connectivity index (χ0n) is 19.4. The highest BCUT2D eigenvalue weighted by atomic mass is 16.5. The third kappa shape index (κ3) is 4.38. The molecule has 33 heavy (non-hydrogen) atoms. The van der Waals surface area contributed by atoms with Crippen molar-refractivity contribution in [2.45, 2.75) is 38.5 Å². The summed E-state index contributed by atoms with van der Waals surface area (Å²) in [4.78, 5) is 26.5. The summed E-state index contributed by atoms with van der Waals surface area (Å²) in [7, 11) is 3.25. The predicted octanol–water partition coefficient (Wildman–Crippen LogP) is 4.63. The molecule has 0 amide bonds. The molecule has 0 bridgehead atoms. The van der Waals surface area contributed by atoms with Crippen molar-refractivity contribution < 1.29 is 23.8 Å².